The van der Waals surface area contributed by atoms with Gasteiger partial charge in [-0.15, -0.1) is 5.11 Å². The second kappa shape index (κ2) is 4.64. The molecule has 5 nitrogen and oxygen atoms in total. The molecule has 0 unspecified atom stereocenters. The average Bonchev–Trinajstić information content (AvgIpc) is 2.15. The minimum absolute atomic E-state index is 0.0372. The molecule has 0 spiro atoms. The van der Waals surface area contributed by atoms with Crippen LogP contribution in [-0.4, -0.2) is 15.4 Å². The molecule has 0 atom stereocenters. The van der Waals surface area contributed by atoms with E-state index in [1.807, 2.05) is 0 Å². The van der Waals surface area contributed by atoms with Gasteiger partial charge in [-0.3, -0.25) is 5.21 Å². The number of hydroxylamine groups is 2. The Hall–Kier alpha value is -1.53. The Bertz CT molecular complexity index is 356. The van der Waals surface area contributed by atoms with Gasteiger partial charge in [0, 0.05) is 6.20 Å². The number of thiocarbonyl (C=S) groups is 1. The molecule has 74 valence electrons. The van der Waals surface area contributed by atoms with Gasteiger partial charge in [-0.25, -0.2) is 5.06 Å². The van der Waals surface area contributed by atoms with Crippen LogP contribution in [0.3, 0.4) is 0 Å². The third kappa shape index (κ3) is 2.75. The lowest BCUT2D eigenvalue weighted by molar-refractivity contribution is -0.00148. The van der Waals surface area contributed by atoms with Gasteiger partial charge in [0.2, 0.25) is 5.11 Å². The fraction of sp³-hybridized carbons (Fsp3) is 0.125. The lowest BCUT2D eigenvalue weighted by atomic mass is 10.2. The topological polar surface area (TPSA) is 74.2 Å². The summed E-state index contributed by atoms with van der Waals surface area (Å²) in [6, 6.07) is 0. The predicted octanol–water partition coefficient (Wildman–Crippen LogP) is 1.69. The molecule has 0 aromatic heterocycles. The second-order valence-corrected chi connectivity index (χ2v) is 2.97. The van der Waals surface area contributed by atoms with E-state index in [-0.39, 0.29) is 5.11 Å². The summed E-state index contributed by atoms with van der Waals surface area (Å²) in [6.45, 7) is 1.70. The lowest BCUT2D eigenvalue weighted by Gasteiger charge is -2.16. The summed E-state index contributed by atoms with van der Waals surface area (Å²) in [5, 5.41) is 17.6. The highest BCUT2D eigenvalue weighted by atomic mass is 32.1. The summed E-state index contributed by atoms with van der Waals surface area (Å²) < 4.78 is 0. The Labute approximate surface area is 86.9 Å². The summed E-state index contributed by atoms with van der Waals surface area (Å²) in [5.41, 5.74) is 6.21. The van der Waals surface area contributed by atoms with Crippen molar-refractivity contribution in [1.82, 2.24) is 5.06 Å². The third-order valence-electron chi connectivity index (χ3n) is 1.51. The van der Waals surface area contributed by atoms with Gasteiger partial charge in [0.1, 0.15) is 0 Å². The van der Waals surface area contributed by atoms with Gasteiger partial charge < -0.3 is 5.73 Å². The van der Waals surface area contributed by atoms with E-state index in [0.29, 0.717) is 11.4 Å². The smallest absolute Gasteiger partial charge is 0.211 e. The molecule has 6 heteroatoms. The first-order valence-corrected chi connectivity index (χ1v) is 4.27. The van der Waals surface area contributed by atoms with E-state index in [0.717, 1.165) is 5.06 Å². The zero-order valence-corrected chi connectivity index (χ0v) is 8.40. The van der Waals surface area contributed by atoms with E-state index in [1.54, 1.807) is 25.2 Å². The first kappa shape index (κ1) is 10.6. The first-order valence-electron chi connectivity index (χ1n) is 3.86. The quantitative estimate of drug-likeness (QED) is 0.510. The molecule has 1 aliphatic rings. The van der Waals surface area contributed by atoms with Gasteiger partial charge in [0.15, 0.2) is 0 Å². The first-order chi connectivity index (χ1) is 6.61. The second-order valence-electron chi connectivity index (χ2n) is 2.55. The van der Waals surface area contributed by atoms with Crippen LogP contribution in [0.2, 0.25) is 0 Å². The van der Waals surface area contributed by atoms with Gasteiger partial charge in [0.25, 0.3) is 0 Å². The molecule has 0 fully saturated rings. The van der Waals surface area contributed by atoms with Gasteiger partial charge in [-0.1, -0.05) is 6.08 Å². The van der Waals surface area contributed by atoms with Gasteiger partial charge in [-0.2, -0.15) is 5.11 Å². The Morgan fingerprint density at radius 2 is 2.21 bits per heavy atom. The average molecular weight is 210 g/mol. The largest absolute Gasteiger partial charge is 0.373 e. The molecule has 0 aromatic carbocycles. The molecule has 0 saturated heterocycles. The highest BCUT2D eigenvalue weighted by Crippen LogP contribution is 2.15. The van der Waals surface area contributed by atoms with Crippen molar-refractivity contribution < 1.29 is 5.21 Å². The van der Waals surface area contributed by atoms with E-state index in [2.05, 4.69) is 22.4 Å². The zero-order valence-electron chi connectivity index (χ0n) is 7.58. The molecule has 0 amide bonds. The SMILES string of the molecule is C/C(N=NC(N)=S)=C1/C=CC=CN1O. The molecular formula is C8H10N4OS. The number of nitrogens with two attached hydrogens (primary N) is 1. The van der Waals surface area contributed by atoms with Crippen LogP contribution in [0, 0.1) is 0 Å². The van der Waals surface area contributed by atoms with Crippen molar-refractivity contribution in [3.63, 3.8) is 0 Å². The molecule has 0 aromatic rings. The van der Waals surface area contributed by atoms with Crippen molar-refractivity contribution in [1.29, 1.82) is 0 Å². The van der Waals surface area contributed by atoms with Crippen molar-refractivity contribution in [2.24, 2.45) is 16.0 Å². The van der Waals surface area contributed by atoms with Crippen LogP contribution in [-0.2, 0) is 0 Å². The summed E-state index contributed by atoms with van der Waals surface area (Å²) in [7, 11) is 0. The van der Waals surface area contributed by atoms with Crippen molar-refractivity contribution in [3.8, 4) is 0 Å². The number of rotatable bonds is 1. The van der Waals surface area contributed by atoms with Gasteiger partial charge in [-0.05, 0) is 31.3 Å². The van der Waals surface area contributed by atoms with Gasteiger partial charge >= 0.3 is 0 Å². The normalized spacial score (nSPS) is 19.1. The van der Waals surface area contributed by atoms with E-state index in [9.17, 15) is 5.21 Å². The van der Waals surface area contributed by atoms with Crippen molar-refractivity contribution in [3.05, 3.63) is 35.8 Å². The number of hydrogen-bond acceptors (Lipinski definition) is 4. The van der Waals surface area contributed by atoms with E-state index >= 15 is 0 Å². The predicted molar refractivity (Wildman–Crippen MR) is 56.2 cm³/mol. The van der Waals surface area contributed by atoms with Crippen LogP contribution < -0.4 is 5.73 Å². The van der Waals surface area contributed by atoms with E-state index in [4.69, 9.17) is 5.73 Å². The van der Waals surface area contributed by atoms with E-state index in [1.165, 1.54) is 6.20 Å². The fourth-order valence-corrected chi connectivity index (χ4v) is 0.937. The minimum atomic E-state index is -0.0372. The Morgan fingerprint density at radius 3 is 2.79 bits per heavy atom. The van der Waals surface area contributed by atoms with Crippen LogP contribution in [0.15, 0.2) is 46.1 Å². The number of hydrogen-bond donors (Lipinski definition) is 2. The highest BCUT2D eigenvalue weighted by molar-refractivity contribution is 7.80. The third-order valence-corrected chi connectivity index (χ3v) is 1.59. The summed E-state index contributed by atoms with van der Waals surface area (Å²) in [4.78, 5) is 0. The maximum absolute atomic E-state index is 9.38. The molecule has 1 rings (SSSR count). The van der Waals surface area contributed by atoms with Crippen LogP contribution >= 0.6 is 12.2 Å². The highest BCUT2D eigenvalue weighted by Gasteiger charge is 2.06. The Balaban J connectivity index is 2.88. The summed E-state index contributed by atoms with van der Waals surface area (Å²) in [6.07, 6.45) is 6.67. The van der Waals surface area contributed by atoms with Crippen LogP contribution in [0.25, 0.3) is 0 Å². The summed E-state index contributed by atoms with van der Waals surface area (Å²) in [5.74, 6) is 0. The molecule has 0 bridgehead atoms. The number of azo groups is 1. The lowest BCUT2D eigenvalue weighted by Crippen LogP contribution is -2.12. The van der Waals surface area contributed by atoms with Crippen LogP contribution in [0.5, 0.6) is 0 Å². The Kier molecular flexibility index (Phi) is 3.49. The molecule has 1 aliphatic heterocycles. The van der Waals surface area contributed by atoms with Gasteiger partial charge in [0.05, 0.1) is 11.4 Å². The molecule has 0 saturated carbocycles. The monoisotopic (exact) mass is 210 g/mol. The van der Waals surface area contributed by atoms with Crippen LogP contribution in [0.4, 0.5) is 0 Å². The fourth-order valence-electron chi connectivity index (χ4n) is 0.896. The van der Waals surface area contributed by atoms with Crippen molar-refractivity contribution in [2.45, 2.75) is 6.92 Å². The Morgan fingerprint density at radius 1 is 1.50 bits per heavy atom. The molecule has 14 heavy (non-hydrogen) atoms. The molecule has 3 N–H and O–H groups in total. The number of allylic oxidation sites excluding steroid dienone is 4. The van der Waals surface area contributed by atoms with E-state index < -0.39 is 0 Å². The molecular weight excluding hydrogens is 200 g/mol. The minimum Gasteiger partial charge on any atom is -0.373 e. The number of nitrogens with zero attached hydrogens (tertiary/aromatic N) is 3. The maximum Gasteiger partial charge on any atom is 0.211 e. The molecule has 0 radical (unpaired) electrons. The summed E-state index contributed by atoms with van der Waals surface area (Å²) >= 11 is 4.53. The zero-order chi connectivity index (χ0) is 10.6. The van der Waals surface area contributed by atoms with Crippen molar-refractivity contribution >= 4 is 17.3 Å². The van der Waals surface area contributed by atoms with Crippen LogP contribution in [0.1, 0.15) is 6.92 Å². The maximum atomic E-state index is 9.38. The van der Waals surface area contributed by atoms with Crippen molar-refractivity contribution in [2.75, 3.05) is 0 Å². The standard InChI is InChI=1S/C8H10N4OS/c1-6(10-11-8(9)14)7-4-2-3-5-12(7)13/h2-5,13H,1H3,(H2,9,14)/b7-6+,11-10?. The molecule has 0 aliphatic carbocycles. The molecule has 1 heterocycles.